The van der Waals surface area contributed by atoms with Gasteiger partial charge in [0.25, 0.3) is 0 Å². The second-order valence-corrected chi connectivity index (χ2v) is 3.22. The zero-order chi connectivity index (χ0) is 10.8. The highest BCUT2D eigenvalue weighted by atomic mass is 16.3. The van der Waals surface area contributed by atoms with Gasteiger partial charge >= 0.3 is 0 Å². The maximum atomic E-state index is 8.65. The Hall–Kier alpha value is -1.18. The summed E-state index contributed by atoms with van der Waals surface area (Å²) < 4.78 is 0. The van der Waals surface area contributed by atoms with Gasteiger partial charge in [0.2, 0.25) is 0 Å². The van der Waals surface area contributed by atoms with Gasteiger partial charge in [-0.1, -0.05) is 39.5 Å². The van der Waals surface area contributed by atoms with Crippen molar-refractivity contribution < 1.29 is 10.2 Å². The smallest absolute Gasteiger partial charge is 0.115 e. The molecule has 0 bridgehead atoms. The Morgan fingerprint density at radius 1 is 0.786 bits per heavy atom. The lowest BCUT2D eigenvalue weighted by Crippen LogP contribution is -1.66. The average Bonchev–Trinajstić information content (AvgIpc) is 2.20. The van der Waals surface area contributed by atoms with Crippen LogP contribution in [0.4, 0.5) is 0 Å². The number of rotatable bonds is 3. The molecule has 2 nitrogen and oxygen atoms in total. The molecule has 0 aliphatic carbocycles. The summed E-state index contributed by atoms with van der Waals surface area (Å²) in [5.41, 5.74) is 0. The Kier molecular flexibility index (Phi) is 7.71. The van der Waals surface area contributed by atoms with Crippen molar-refractivity contribution in [2.24, 2.45) is 0 Å². The van der Waals surface area contributed by atoms with Crippen LogP contribution in [0.25, 0.3) is 0 Å². The summed E-state index contributed by atoms with van der Waals surface area (Å²) in [6, 6.07) is 5.70. The molecule has 0 aromatic heterocycles. The third-order valence-electron chi connectivity index (χ3n) is 1.81. The van der Waals surface area contributed by atoms with Crippen molar-refractivity contribution in [2.45, 2.75) is 39.5 Å². The highest BCUT2D eigenvalue weighted by Crippen LogP contribution is 2.13. The summed E-state index contributed by atoms with van der Waals surface area (Å²) in [4.78, 5) is 0. The van der Waals surface area contributed by atoms with E-state index in [1.165, 1.54) is 49.9 Å². The molecule has 0 atom stereocenters. The van der Waals surface area contributed by atoms with Crippen LogP contribution in [0.2, 0.25) is 0 Å². The van der Waals surface area contributed by atoms with E-state index in [1.807, 2.05) is 0 Å². The number of aromatic hydroxyl groups is 2. The topological polar surface area (TPSA) is 40.5 Å². The summed E-state index contributed by atoms with van der Waals surface area (Å²) in [5.74, 6) is 0.339. The first-order valence-electron chi connectivity index (χ1n) is 5.18. The lowest BCUT2D eigenvalue weighted by Gasteiger charge is -1.88. The Balaban J connectivity index is 0.000000255. The summed E-state index contributed by atoms with van der Waals surface area (Å²) in [5, 5.41) is 17.3. The van der Waals surface area contributed by atoms with E-state index in [-0.39, 0.29) is 11.5 Å². The predicted octanol–water partition coefficient (Wildman–Crippen LogP) is 3.68. The molecule has 0 unspecified atom stereocenters. The quantitative estimate of drug-likeness (QED) is 0.572. The van der Waals surface area contributed by atoms with E-state index in [2.05, 4.69) is 13.8 Å². The third-order valence-corrected chi connectivity index (χ3v) is 1.81. The van der Waals surface area contributed by atoms with Crippen LogP contribution in [0.5, 0.6) is 11.5 Å². The number of phenols is 2. The van der Waals surface area contributed by atoms with Crippen LogP contribution in [-0.4, -0.2) is 10.2 Å². The Bertz CT molecular complexity index is 191. The SMILES string of the molecule is CCCCCC.Oc1ccc(O)cc1. The summed E-state index contributed by atoms with van der Waals surface area (Å²) >= 11 is 0. The van der Waals surface area contributed by atoms with Crippen molar-refractivity contribution in [1.29, 1.82) is 0 Å². The fraction of sp³-hybridized carbons (Fsp3) is 0.500. The molecule has 0 aliphatic heterocycles. The summed E-state index contributed by atoms with van der Waals surface area (Å²) in [7, 11) is 0. The normalized spacial score (nSPS) is 9.00. The maximum absolute atomic E-state index is 8.65. The van der Waals surface area contributed by atoms with Crippen LogP contribution in [0.1, 0.15) is 39.5 Å². The van der Waals surface area contributed by atoms with Crippen LogP contribution in [0.3, 0.4) is 0 Å². The summed E-state index contributed by atoms with van der Waals surface area (Å²) in [6.07, 6.45) is 5.54. The van der Waals surface area contributed by atoms with Crippen molar-refractivity contribution in [1.82, 2.24) is 0 Å². The average molecular weight is 196 g/mol. The first-order valence-corrected chi connectivity index (χ1v) is 5.18. The molecule has 1 aromatic rings. The molecule has 1 aromatic carbocycles. The van der Waals surface area contributed by atoms with E-state index in [0.717, 1.165) is 0 Å². The first-order chi connectivity index (χ1) is 6.70. The highest BCUT2D eigenvalue weighted by molar-refractivity contribution is 5.28. The number of hydrogen-bond acceptors (Lipinski definition) is 2. The Labute approximate surface area is 86.2 Å². The highest BCUT2D eigenvalue weighted by Gasteiger charge is 1.84. The van der Waals surface area contributed by atoms with Crippen molar-refractivity contribution in [3.8, 4) is 11.5 Å². The van der Waals surface area contributed by atoms with E-state index in [4.69, 9.17) is 10.2 Å². The first kappa shape index (κ1) is 12.8. The van der Waals surface area contributed by atoms with Gasteiger partial charge in [0.15, 0.2) is 0 Å². The molecule has 80 valence electrons. The zero-order valence-corrected chi connectivity index (χ0v) is 9.03. The fourth-order valence-electron chi connectivity index (χ4n) is 0.953. The minimum absolute atomic E-state index is 0.169. The number of phenolic OH excluding ortho intramolecular Hbond substituents is 2. The van der Waals surface area contributed by atoms with Gasteiger partial charge < -0.3 is 10.2 Å². The van der Waals surface area contributed by atoms with Gasteiger partial charge in [-0.3, -0.25) is 0 Å². The van der Waals surface area contributed by atoms with E-state index >= 15 is 0 Å². The van der Waals surface area contributed by atoms with E-state index in [0.29, 0.717) is 0 Å². The van der Waals surface area contributed by atoms with Gasteiger partial charge in [-0.15, -0.1) is 0 Å². The monoisotopic (exact) mass is 196 g/mol. The van der Waals surface area contributed by atoms with Crippen LogP contribution in [0, 0.1) is 0 Å². The number of hydrogen-bond donors (Lipinski definition) is 2. The third kappa shape index (κ3) is 7.47. The van der Waals surface area contributed by atoms with E-state index in [1.54, 1.807) is 0 Å². The molecule has 0 amide bonds. The van der Waals surface area contributed by atoms with Gasteiger partial charge in [0.05, 0.1) is 0 Å². The van der Waals surface area contributed by atoms with Crippen LogP contribution < -0.4 is 0 Å². The van der Waals surface area contributed by atoms with Crippen molar-refractivity contribution in [3.63, 3.8) is 0 Å². The predicted molar refractivity (Wildman–Crippen MR) is 59.6 cm³/mol. The molecule has 0 radical (unpaired) electrons. The minimum Gasteiger partial charge on any atom is -0.508 e. The molecule has 0 saturated heterocycles. The largest absolute Gasteiger partial charge is 0.508 e. The van der Waals surface area contributed by atoms with E-state index in [9.17, 15) is 0 Å². The van der Waals surface area contributed by atoms with Crippen LogP contribution in [-0.2, 0) is 0 Å². The van der Waals surface area contributed by atoms with Crippen LogP contribution >= 0.6 is 0 Å². The number of benzene rings is 1. The molecule has 0 saturated carbocycles. The summed E-state index contributed by atoms with van der Waals surface area (Å²) in [6.45, 7) is 4.46. The van der Waals surface area contributed by atoms with Gasteiger partial charge in [-0.05, 0) is 24.3 Å². The molecule has 1 rings (SSSR count). The standard InChI is InChI=1S/C6H6O2.C6H14/c7-5-1-2-6(8)4-3-5;1-3-5-6-4-2/h1-4,7-8H;3-6H2,1-2H3. The molecule has 14 heavy (non-hydrogen) atoms. The van der Waals surface area contributed by atoms with Gasteiger partial charge in [0.1, 0.15) is 11.5 Å². The Morgan fingerprint density at radius 3 is 1.29 bits per heavy atom. The molecule has 2 heteroatoms. The molecule has 0 aliphatic rings. The Morgan fingerprint density at radius 2 is 1.07 bits per heavy atom. The van der Waals surface area contributed by atoms with Crippen molar-refractivity contribution >= 4 is 0 Å². The molecular formula is C12H20O2. The molecule has 0 spiro atoms. The van der Waals surface area contributed by atoms with Crippen molar-refractivity contribution in [3.05, 3.63) is 24.3 Å². The molecule has 0 fully saturated rings. The second-order valence-electron chi connectivity index (χ2n) is 3.22. The maximum Gasteiger partial charge on any atom is 0.115 e. The van der Waals surface area contributed by atoms with Gasteiger partial charge in [-0.2, -0.15) is 0 Å². The number of unbranched alkanes of at least 4 members (excludes halogenated alkanes) is 3. The van der Waals surface area contributed by atoms with Gasteiger partial charge in [-0.25, -0.2) is 0 Å². The van der Waals surface area contributed by atoms with Crippen LogP contribution in [0.15, 0.2) is 24.3 Å². The second kappa shape index (κ2) is 8.42. The van der Waals surface area contributed by atoms with E-state index < -0.39 is 0 Å². The van der Waals surface area contributed by atoms with Crippen molar-refractivity contribution in [2.75, 3.05) is 0 Å². The lowest BCUT2D eigenvalue weighted by molar-refractivity contribution is 0.460. The minimum atomic E-state index is 0.169. The lowest BCUT2D eigenvalue weighted by atomic mass is 10.2. The molecular weight excluding hydrogens is 176 g/mol. The molecule has 2 N–H and O–H groups in total. The molecule has 0 heterocycles. The zero-order valence-electron chi connectivity index (χ0n) is 9.03. The van der Waals surface area contributed by atoms with Gasteiger partial charge in [0, 0.05) is 0 Å². The fourth-order valence-corrected chi connectivity index (χ4v) is 0.953.